The van der Waals surface area contributed by atoms with E-state index in [0.29, 0.717) is 25.3 Å². The highest BCUT2D eigenvalue weighted by atomic mass is 19.1. The summed E-state index contributed by atoms with van der Waals surface area (Å²) in [6.45, 7) is 1.33. The van der Waals surface area contributed by atoms with Crippen LogP contribution in [-0.2, 0) is 11.3 Å². The number of halogens is 1. The fraction of sp³-hybridized carbons (Fsp3) is 0.171. The molecule has 0 saturated heterocycles. The maximum absolute atomic E-state index is 13.9. The van der Waals surface area contributed by atoms with E-state index in [1.165, 1.54) is 12.1 Å². The number of nitrogens with zero attached hydrogens (tertiary/aromatic N) is 1. The maximum Gasteiger partial charge on any atom is 0.254 e. The molecule has 4 aromatic rings. The zero-order valence-corrected chi connectivity index (χ0v) is 22.6. The Morgan fingerprint density at radius 1 is 0.900 bits per heavy atom. The number of ether oxygens (including phenoxy) is 2. The molecule has 0 N–H and O–H groups in total. The van der Waals surface area contributed by atoms with Crippen LogP contribution >= 0.6 is 0 Å². The molecule has 4 aromatic carbocycles. The third-order valence-corrected chi connectivity index (χ3v) is 7.03. The number of methoxy groups -OCH3 is 2. The van der Waals surface area contributed by atoms with Gasteiger partial charge in [0.15, 0.2) is 0 Å². The maximum atomic E-state index is 13.9. The molecule has 0 aromatic heterocycles. The van der Waals surface area contributed by atoms with Gasteiger partial charge in [-0.05, 0) is 65.2 Å². The van der Waals surface area contributed by atoms with Crippen molar-refractivity contribution in [2.75, 3.05) is 27.3 Å². The number of hydrogen-bond donors (Lipinski definition) is 0. The lowest BCUT2D eigenvalue weighted by Gasteiger charge is -2.34. The first kappa shape index (κ1) is 26.9. The Hall–Kier alpha value is -4.66. The fourth-order valence-corrected chi connectivity index (χ4v) is 4.98. The van der Waals surface area contributed by atoms with Gasteiger partial charge in [0, 0.05) is 48.4 Å². The number of carbonyl (C=O) groups is 1. The summed E-state index contributed by atoms with van der Waals surface area (Å²) in [4.78, 5) is 15.1. The molecular formula is C35H30FNO3. The zero-order chi connectivity index (χ0) is 27.9. The minimum atomic E-state index is -0.425. The summed E-state index contributed by atoms with van der Waals surface area (Å²) in [5.74, 6) is 6.46. The van der Waals surface area contributed by atoms with Crippen LogP contribution in [0.4, 0.5) is 4.39 Å². The number of benzene rings is 4. The molecule has 0 bridgehead atoms. The highest BCUT2D eigenvalue weighted by Crippen LogP contribution is 2.38. The van der Waals surface area contributed by atoms with Gasteiger partial charge in [-0.15, -0.1) is 0 Å². The van der Waals surface area contributed by atoms with E-state index in [0.717, 1.165) is 39.1 Å². The molecule has 1 amide bonds. The summed E-state index contributed by atoms with van der Waals surface area (Å²) in [5.41, 5.74) is 6.36. The molecule has 1 unspecified atom stereocenters. The second-order valence-electron chi connectivity index (χ2n) is 9.63. The number of amides is 1. The molecule has 0 saturated carbocycles. The van der Waals surface area contributed by atoms with E-state index < -0.39 is 5.82 Å². The van der Waals surface area contributed by atoms with Gasteiger partial charge in [-0.3, -0.25) is 4.79 Å². The Labute approximate surface area is 234 Å². The minimum Gasteiger partial charge on any atom is -0.496 e. The van der Waals surface area contributed by atoms with Crippen LogP contribution in [0.1, 0.15) is 44.1 Å². The van der Waals surface area contributed by atoms with Gasteiger partial charge < -0.3 is 14.4 Å². The molecule has 0 aliphatic carbocycles. The van der Waals surface area contributed by atoms with Crippen LogP contribution in [0, 0.1) is 17.7 Å². The molecule has 0 fully saturated rings. The summed E-state index contributed by atoms with van der Waals surface area (Å²) in [5, 5.41) is 0. The Balaban J connectivity index is 1.48. The van der Waals surface area contributed by atoms with E-state index in [4.69, 9.17) is 9.47 Å². The summed E-state index contributed by atoms with van der Waals surface area (Å²) in [6, 6.07) is 30.0. The number of rotatable bonds is 6. The molecule has 1 aliphatic rings. The minimum absolute atomic E-state index is 0.0969. The normalized spacial score (nSPS) is 14.6. The first-order chi connectivity index (χ1) is 19.6. The van der Waals surface area contributed by atoms with Gasteiger partial charge in [0.2, 0.25) is 0 Å². The van der Waals surface area contributed by atoms with E-state index in [1.54, 1.807) is 31.3 Å². The van der Waals surface area contributed by atoms with Crippen molar-refractivity contribution in [3.8, 4) is 17.6 Å². The summed E-state index contributed by atoms with van der Waals surface area (Å²) in [6.07, 6.45) is 2.08. The Kier molecular flexibility index (Phi) is 8.39. The molecule has 5 rings (SSSR count). The lowest BCUT2D eigenvalue weighted by atomic mass is 9.83. The SMILES string of the molecule is COCc1ccc(C2=CCN(C(=O)c3cccc(F)c3)CC2c2ccc(C#Cc3ccccc3)cc2)cc1OC. The van der Waals surface area contributed by atoms with Crippen molar-refractivity contribution in [3.63, 3.8) is 0 Å². The smallest absolute Gasteiger partial charge is 0.254 e. The summed E-state index contributed by atoms with van der Waals surface area (Å²) >= 11 is 0. The van der Waals surface area contributed by atoms with Crippen molar-refractivity contribution >= 4 is 11.5 Å². The van der Waals surface area contributed by atoms with Crippen LogP contribution in [0.25, 0.3) is 5.57 Å². The van der Waals surface area contributed by atoms with Crippen molar-refractivity contribution in [1.29, 1.82) is 0 Å². The van der Waals surface area contributed by atoms with Gasteiger partial charge >= 0.3 is 0 Å². The average molecular weight is 532 g/mol. The summed E-state index contributed by atoms with van der Waals surface area (Å²) < 4.78 is 24.8. The van der Waals surface area contributed by atoms with Crippen LogP contribution in [0.15, 0.2) is 103 Å². The standard InChI is InChI=1S/C35H30FNO3/c1-39-24-30-18-17-28(22-34(30)40-2)32-19-20-37(35(38)29-9-6-10-31(36)21-29)23-33(32)27-15-13-26(14-16-27)12-11-25-7-4-3-5-8-25/h3-10,13-19,21-22,33H,20,23-24H2,1-2H3. The van der Waals surface area contributed by atoms with Gasteiger partial charge in [0.05, 0.1) is 13.7 Å². The van der Waals surface area contributed by atoms with Gasteiger partial charge in [-0.2, -0.15) is 0 Å². The van der Waals surface area contributed by atoms with Crippen molar-refractivity contribution in [2.45, 2.75) is 12.5 Å². The molecule has 1 aliphatic heterocycles. The quantitative estimate of drug-likeness (QED) is 0.260. The van der Waals surface area contributed by atoms with Crippen LogP contribution in [0.5, 0.6) is 5.75 Å². The Bertz CT molecular complexity index is 1580. The van der Waals surface area contributed by atoms with Gasteiger partial charge in [0.1, 0.15) is 11.6 Å². The molecule has 1 heterocycles. The van der Waals surface area contributed by atoms with Crippen LogP contribution in [0.2, 0.25) is 0 Å². The molecule has 40 heavy (non-hydrogen) atoms. The average Bonchev–Trinajstić information content (AvgIpc) is 3.00. The lowest BCUT2D eigenvalue weighted by Crippen LogP contribution is -2.38. The van der Waals surface area contributed by atoms with Crippen molar-refractivity contribution in [3.05, 3.63) is 142 Å². The van der Waals surface area contributed by atoms with Gasteiger partial charge in [-0.25, -0.2) is 4.39 Å². The van der Waals surface area contributed by atoms with Gasteiger partial charge in [0.25, 0.3) is 5.91 Å². The second kappa shape index (κ2) is 12.5. The highest BCUT2D eigenvalue weighted by molar-refractivity contribution is 5.95. The molecule has 200 valence electrons. The Morgan fingerprint density at radius 3 is 2.35 bits per heavy atom. The molecule has 4 nitrogen and oxygen atoms in total. The predicted octanol–water partition coefficient (Wildman–Crippen LogP) is 6.70. The summed E-state index contributed by atoms with van der Waals surface area (Å²) in [7, 11) is 3.31. The molecule has 1 atom stereocenters. The van der Waals surface area contributed by atoms with Gasteiger partial charge in [-0.1, -0.05) is 66.4 Å². The third kappa shape index (κ3) is 6.14. The third-order valence-electron chi connectivity index (χ3n) is 7.03. The Morgan fingerprint density at radius 2 is 1.65 bits per heavy atom. The molecule has 0 spiro atoms. The number of carbonyl (C=O) groups excluding carboxylic acids is 1. The molecular weight excluding hydrogens is 501 g/mol. The van der Waals surface area contributed by atoms with E-state index in [9.17, 15) is 9.18 Å². The second-order valence-corrected chi connectivity index (χ2v) is 9.63. The molecule has 5 heteroatoms. The van der Waals surface area contributed by atoms with Crippen LogP contribution < -0.4 is 4.74 Å². The van der Waals surface area contributed by atoms with E-state index in [1.807, 2.05) is 54.6 Å². The van der Waals surface area contributed by atoms with Crippen molar-refractivity contribution in [1.82, 2.24) is 4.90 Å². The van der Waals surface area contributed by atoms with E-state index >= 15 is 0 Å². The first-order valence-corrected chi connectivity index (χ1v) is 13.1. The highest BCUT2D eigenvalue weighted by Gasteiger charge is 2.29. The van der Waals surface area contributed by atoms with E-state index in [2.05, 4.69) is 36.1 Å². The van der Waals surface area contributed by atoms with E-state index in [-0.39, 0.29) is 11.8 Å². The zero-order valence-electron chi connectivity index (χ0n) is 22.6. The van der Waals surface area contributed by atoms with Crippen molar-refractivity contribution < 1.29 is 18.7 Å². The monoisotopic (exact) mass is 531 g/mol. The predicted molar refractivity (Wildman–Crippen MR) is 156 cm³/mol. The first-order valence-electron chi connectivity index (χ1n) is 13.1. The number of hydrogen-bond acceptors (Lipinski definition) is 3. The lowest BCUT2D eigenvalue weighted by molar-refractivity contribution is 0.0765. The van der Waals surface area contributed by atoms with Crippen LogP contribution in [-0.4, -0.2) is 38.1 Å². The molecule has 0 radical (unpaired) electrons. The largest absolute Gasteiger partial charge is 0.496 e. The van der Waals surface area contributed by atoms with Crippen LogP contribution in [0.3, 0.4) is 0 Å². The van der Waals surface area contributed by atoms with Crippen molar-refractivity contribution in [2.24, 2.45) is 0 Å². The fourth-order valence-electron chi connectivity index (χ4n) is 4.98. The topological polar surface area (TPSA) is 38.8 Å².